The van der Waals surface area contributed by atoms with Crippen LogP contribution in [0.25, 0.3) is 10.9 Å². The molecule has 2 heterocycles. The third-order valence-corrected chi connectivity index (χ3v) is 5.63. The van der Waals surface area contributed by atoms with Crippen molar-refractivity contribution in [3.05, 3.63) is 97.8 Å². The zero-order chi connectivity index (χ0) is 23.0. The van der Waals surface area contributed by atoms with Crippen LogP contribution in [0.5, 0.6) is 0 Å². The Kier molecular flexibility index (Phi) is 5.47. The van der Waals surface area contributed by atoms with Crippen molar-refractivity contribution in [2.45, 2.75) is 19.8 Å². The Hall–Kier alpha value is -4.02. The maximum absolute atomic E-state index is 13.3. The second kappa shape index (κ2) is 8.25. The van der Waals surface area contributed by atoms with E-state index < -0.39 is 17.4 Å². The number of carbonyl (C=O) groups is 1. The number of hydrogen-bond acceptors (Lipinski definition) is 5. The van der Waals surface area contributed by atoms with E-state index in [9.17, 15) is 14.9 Å². The number of para-hydroxylation sites is 1. The van der Waals surface area contributed by atoms with E-state index in [1.165, 1.54) is 0 Å². The third kappa shape index (κ3) is 3.72. The average molecular weight is 447 g/mol. The smallest absolute Gasteiger partial charge is 0.255 e. The van der Waals surface area contributed by atoms with Crippen molar-refractivity contribution in [1.82, 2.24) is 4.98 Å². The van der Waals surface area contributed by atoms with Crippen molar-refractivity contribution in [3.63, 3.8) is 0 Å². The lowest BCUT2D eigenvalue weighted by atomic mass is 9.82. The number of fused-ring (bicyclic) bond motifs is 1. The van der Waals surface area contributed by atoms with Crippen LogP contribution in [0.4, 0.5) is 5.69 Å². The summed E-state index contributed by atoms with van der Waals surface area (Å²) in [5.74, 6) is -1.43. The number of nitrogens with two attached hydrogens (primary N) is 1. The molecule has 8 heteroatoms. The fourth-order valence-electron chi connectivity index (χ4n) is 3.83. The molecule has 2 aromatic carbocycles. The van der Waals surface area contributed by atoms with Gasteiger partial charge in [0, 0.05) is 16.3 Å². The number of rotatable bonds is 3. The molecule has 0 saturated carbocycles. The van der Waals surface area contributed by atoms with Crippen LogP contribution in [0.3, 0.4) is 0 Å². The summed E-state index contributed by atoms with van der Waals surface area (Å²) < 4.78 is 5.50. The maximum Gasteiger partial charge on any atom is 0.255 e. The number of aromatic nitrogens is 1. The molecule has 0 bridgehead atoms. The van der Waals surface area contributed by atoms with Crippen molar-refractivity contribution in [3.8, 4) is 6.07 Å². The van der Waals surface area contributed by atoms with Crippen molar-refractivity contribution in [2.75, 3.05) is 5.32 Å². The van der Waals surface area contributed by atoms with Gasteiger partial charge in [-0.15, -0.1) is 0 Å². The number of carbonyl (C=O) groups excluding carboxylic acids is 1. The van der Waals surface area contributed by atoms with E-state index in [1.54, 1.807) is 37.3 Å². The number of nitrogens with zero attached hydrogens (tertiary/aromatic N) is 1. The van der Waals surface area contributed by atoms with Crippen LogP contribution in [-0.2, 0) is 9.53 Å². The zero-order valence-corrected chi connectivity index (χ0v) is 18.1. The number of aryl methyl sites for hydroxylation is 1. The molecule has 1 atom stereocenters. The highest BCUT2D eigenvalue weighted by molar-refractivity contribution is 6.30. The predicted molar refractivity (Wildman–Crippen MR) is 123 cm³/mol. The van der Waals surface area contributed by atoms with Gasteiger partial charge in [-0.25, -0.2) is 0 Å². The number of nitriles is 1. The lowest BCUT2D eigenvalue weighted by Gasteiger charge is -2.27. The minimum absolute atomic E-state index is 0.00522. The van der Waals surface area contributed by atoms with Gasteiger partial charge in [0.05, 0.1) is 17.0 Å². The second-order valence-corrected chi connectivity index (χ2v) is 7.89. The monoisotopic (exact) mass is 446 g/mol. The number of amides is 1. The minimum Gasteiger partial charge on any atom is -0.445 e. The van der Waals surface area contributed by atoms with Gasteiger partial charge in [0.25, 0.3) is 11.5 Å². The van der Waals surface area contributed by atoms with E-state index in [1.807, 2.05) is 31.2 Å². The Morgan fingerprint density at radius 1 is 1.22 bits per heavy atom. The van der Waals surface area contributed by atoms with E-state index >= 15 is 0 Å². The number of hydrogen-bond donors (Lipinski definition) is 3. The molecule has 4 rings (SSSR count). The quantitative estimate of drug-likeness (QED) is 0.556. The molecule has 0 spiro atoms. The number of H-pyrrole nitrogens is 1. The van der Waals surface area contributed by atoms with Gasteiger partial charge >= 0.3 is 0 Å². The van der Waals surface area contributed by atoms with Gasteiger partial charge in [0.2, 0.25) is 5.88 Å². The highest BCUT2D eigenvalue weighted by Crippen LogP contribution is 2.39. The molecule has 1 amide bonds. The average Bonchev–Trinajstić information content (AvgIpc) is 2.75. The van der Waals surface area contributed by atoms with Crippen LogP contribution in [0.2, 0.25) is 5.02 Å². The van der Waals surface area contributed by atoms with E-state index in [-0.39, 0.29) is 28.4 Å². The van der Waals surface area contributed by atoms with Crippen LogP contribution in [0.1, 0.15) is 24.0 Å². The summed E-state index contributed by atoms with van der Waals surface area (Å²) in [7, 11) is 0. The molecule has 0 radical (unpaired) electrons. The van der Waals surface area contributed by atoms with E-state index in [0.717, 1.165) is 10.9 Å². The summed E-state index contributed by atoms with van der Waals surface area (Å²) >= 11 is 5.92. The zero-order valence-electron chi connectivity index (χ0n) is 17.3. The normalized spacial score (nSPS) is 16.0. The maximum atomic E-state index is 13.3. The van der Waals surface area contributed by atoms with Crippen LogP contribution >= 0.6 is 11.6 Å². The first-order valence-corrected chi connectivity index (χ1v) is 10.2. The van der Waals surface area contributed by atoms with Gasteiger partial charge in [-0.2, -0.15) is 5.26 Å². The summed E-state index contributed by atoms with van der Waals surface area (Å²) in [4.78, 5) is 29.2. The summed E-state index contributed by atoms with van der Waals surface area (Å²) in [6.07, 6.45) is 0. The Labute approximate surface area is 188 Å². The Balaban J connectivity index is 1.87. The molecule has 1 aliphatic rings. The largest absolute Gasteiger partial charge is 0.445 e. The van der Waals surface area contributed by atoms with Crippen molar-refractivity contribution in [2.24, 2.45) is 5.73 Å². The summed E-state index contributed by atoms with van der Waals surface area (Å²) in [5, 5.41) is 13.9. The van der Waals surface area contributed by atoms with Gasteiger partial charge in [-0.3, -0.25) is 9.59 Å². The molecule has 4 N–H and O–H groups in total. The lowest BCUT2D eigenvalue weighted by molar-refractivity contribution is -0.113. The summed E-state index contributed by atoms with van der Waals surface area (Å²) in [6.45, 7) is 3.46. The molecule has 32 heavy (non-hydrogen) atoms. The van der Waals surface area contributed by atoms with E-state index in [2.05, 4.69) is 10.3 Å². The number of anilines is 1. The lowest BCUT2D eigenvalue weighted by Crippen LogP contribution is -2.30. The van der Waals surface area contributed by atoms with Gasteiger partial charge in [-0.05, 0) is 55.1 Å². The summed E-state index contributed by atoms with van der Waals surface area (Å²) in [6, 6.07) is 15.9. The van der Waals surface area contributed by atoms with Gasteiger partial charge < -0.3 is 20.8 Å². The topological polar surface area (TPSA) is 121 Å². The van der Waals surface area contributed by atoms with E-state index in [0.29, 0.717) is 16.2 Å². The molecule has 160 valence electrons. The SMILES string of the molecule is CC1=C(C(=O)Nc2ccc(Cl)cc2)C(c2cc3cccc(C)c3[nH]c2=O)C(C#N)=C(N)O1. The van der Waals surface area contributed by atoms with Crippen molar-refractivity contribution < 1.29 is 9.53 Å². The minimum atomic E-state index is -0.991. The number of benzene rings is 2. The highest BCUT2D eigenvalue weighted by Gasteiger charge is 2.37. The number of aromatic amines is 1. The summed E-state index contributed by atoms with van der Waals surface area (Å²) in [5.41, 5.74) is 8.00. The number of pyridine rings is 1. The molecule has 3 aromatic rings. The molecule has 1 aliphatic heterocycles. The Bertz CT molecular complexity index is 1410. The third-order valence-electron chi connectivity index (χ3n) is 5.38. The first kappa shape index (κ1) is 21.2. The second-order valence-electron chi connectivity index (χ2n) is 7.45. The van der Waals surface area contributed by atoms with E-state index in [4.69, 9.17) is 22.1 Å². The van der Waals surface area contributed by atoms with Crippen LogP contribution in [-0.4, -0.2) is 10.9 Å². The number of allylic oxidation sites excluding steroid dienone is 2. The first-order chi connectivity index (χ1) is 15.3. The Morgan fingerprint density at radius 3 is 2.62 bits per heavy atom. The molecular weight excluding hydrogens is 428 g/mol. The molecule has 7 nitrogen and oxygen atoms in total. The first-order valence-electron chi connectivity index (χ1n) is 9.78. The molecule has 1 aromatic heterocycles. The van der Waals surface area contributed by atoms with Crippen molar-refractivity contribution >= 4 is 34.1 Å². The molecule has 0 aliphatic carbocycles. The molecular formula is C24H19ClN4O3. The van der Waals surface area contributed by atoms with Gasteiger partial charge in [-0.1, -0.05) is 29.8 Å². The Morgan fingerprint density at radius 2 is 1.94 bits per heavy atom. The number of nitrogens with one attached hydrogen (secondary N) is 2. The van der Waals surface area contributed by atoms with Crippen LogP contribution in [0.15, 0.2) is 76.1 Å². The van der Waals surface area contributed by atoms with Crippen LogP contribution in [0, 0.1) is 18.3 Å². The predicted octanol–water partition coefficient (Wildman–Crippen LogP) is 4.21. The molecule has 1 unspecified atom stereocenters. The highest BCUT2D eigenvalue weighted by atomic mass is 35.5. The van der Waals surface area contributed by atoms with Crippen molar-refractivity contribution in [1.29, 1.82) is 5.26 Å². The number of halogens is 1. The van der Waals surface area contributed by atoms with Crippen LogP contribution < -0.4 is 16.6 Å². The number of ether oxygens (including phenoxy) is 1. The fraction of sp³-hybridized carbons (Fsp3) is 0.125. The van der Waals surface area contributed by atoms with Gasteiger partial charge in [0.15, 0.2) is 0 Å². The molecule has 0 fully saturated rings. The standard InChI is InChI=1S/C24H19ClN4O3/c1-12-4-3-5-14-10-17(23(30)29-21(12)14)20-18(11-26)22(27)32-13(2)19(20)24(31)28-16-8-6-15(25)7-9-16/h3-10,20H,27H2,1-2H3,(H,28,31)(H,29,30). The van der Waals surface area contributed by atoms with Gasteiger partial charge in [0.1, 0.15) is 17.4 Å². The molecule has 0 saturated heterocycles. The fourth-order valence-corrected chi connectivity index (χ4v) is 3.96.